The Bertz CT molecular complexity index is 1810. The van der Waals surface area contributed by atoms with Gasteiger partial charge >= 0.3 is 12.1 Å². The summed E-state index contributed by atoms with van der Waals surface area (Å²) in [6.07, 6.45) is 2.56. The molecule has 4 aromatic rings. The Balaban J connectivity index is 1.26. The molecule has 1 aliphatic rings. The number of aromatic nitrogens is 4. The molecule has 14 nitrogen and oxygen atoms in total. The van der Waals surface area contributed by atoms with Crippen LogP contribution in [0, 0.1) is 11.8 Å². The molecule has 1 fully saturated rings. The lowest BCUT2D eigenvalue weighted by atomic mass is 9.81. The summed E-state index contributed by atoms with van der Waals surface area (Å²) in [6, 6.07) is 18.3. The molecule has 0 spiro atoms. The van der Waals surface area contributed by atoms with Crippen molar-refractivity contribution in [3.8, 4) is 28.3 Å². The molecule has 1 unspecified atom stereocenters. The van der Waals surface area contributed by atoms with Crippen molar-refractivity contribution in [1.29, 1.82) is 0 Å². The van der Waals surface area contributed by atoms with Gasteiger partial charge < -0.3 is 30.5 Å². The summed E-state index contributed by atoms with van der Waals surface area (Å²) in [6.45, 7) is 5.92. The molecule has 1 aliphatic carbocycles. The second-order valence-corrected chi connectivity index (χ2v) is 13.6. The Morgan fingerprint density at radius 2 is 1.63 bits per heavy atom. The number of anilines is 1. The van der Waals surface area contributed by atoms with E-state index in [0.29, 0.717) is 36.6 Å². The van der Waals surface area contributed by atoms with Crippen LogP contribution in [0.4, 0.5) is 10.5 Å². The predicted octanol–water partition coefficient (Wildman–Crippen LogP) is 5.24. The van der Waals surface area contributed by atoms with E-state index < -0.39 is 23.7 Å². The van der Waals surface area contributed by atoms with Crippen LogP contribution in [0.1, 0.15) is 62.4 Å². The number of rotatable bonds is 12. The van der Waals surface area contributed by atoms with Crippen molar-refractivity contribution in [2.75, 3.05) is 19.0 Å². The van der Waals surface area contributed by atoms with Crippen molar-refractivity contribution in [3.63, 3.8) is 0 Å². The van der Waals surface area contributed by atoms with Gasteiger partial charge in [-0.1, -0.05) is 24.3 Å². The van der Waals surface area contributed by atoms with E-state index in [-0.39, 0.29) is 35.6 Å². The molecule has 1 saturated carbocycles. The molecule has 268 valence electrons. The van der Waals surface area contributed by atoms with E-state index >= 15 is 0 Å². The summed E-state index contributed by atoms with van der Waals surface area (Å²) in [7, 11) is 1.48. The minimum Gasteiger partial charge on any atom is -0.496 e. The molecule has 51 heavy (non-hydrogen) atoms. The Morgan fingerprint density at radius 3 is 2.24 bits per heavy atom. The zero-order valence-corrected chi connectivity index (χ0v) is 29.1. The molecule has 0 radical (unpaired) electrons. The number of nitrogens with zero attached hydrogens (tertiary/aromatic N) is 3. The monoisotopic (exact) mass is 697 g/mol. The Kier molecular flexibility index (Phi) is 11.6. The lowest BCUT2D eigenvalue weighted by Crippen LogP contribution is -2.48. The fourth-order valence-corrected chi connectivity index (χ4v) is 6.00. The topological polar surface area (TPSA) is 198 Å². The van der Waals surface area contributed by atoms with E-state index in [2.05, 4.69) is 36.6 Å². The van der Waals surface area contributed by atoms with E-state index in [0.717, 1.165) is 35.1 Å². The number of alkyl carbamates (subject to hydrolysis) is 1. The molecule has 0 saturated heterocycles. The molecule has 1 atom stereocenters. The number of hydrogen-bond donors (Lipinski definition) is 5. The van der Waals surface area contributed by atoms with E-state index in [1.165, 1.54) is 19.2 Å². The second kappa shape index (κ2) is 16.3. The van der Waals surface area contributed by atoms with Gasteiger partial charge in [0, 0.05) is 35.7 Å². The highest BCUT2D eigenvalue weighted by Gasteiger charge is 2.30. The number of methoxy groups -OCH3 is 1. The van der Waals surface area contributed by atoms with E-state index in [9.17, 15) is 24.3 Å². The zero-order valence-electron chi connectivity index (χ0n) is 29.1. The van der Waals surface area contributed by atoms with E-state index in [1.54, 1.807) is 30.3 Å². The third kappa shape index (κ3) is 10.1. The number of carbonyl (C=O) groups excluding carboxylic acids is 3. The van der Waals surface area contributed by atoms with Gasteiger partial charge in [-0.3, -0.25) is 9.59 Å². The molecule has 3 aromatic carbocycles. The van der Waals surface area contributed by atoms with Crippen LogP contribution in [0.15, 0.2) is 66.7 Å². The summed E-state index contributed by atoms with van der Waals surface area (Å²) < 4.78 is 10.8. The molecule has 1 aromatic heterocycles. The summed E-state index contributed by atoms with van der Waals surface area (Å²) in [5.41, 5.74) is 3.13. The minimum atomic E-state index is -1.05. The van der Waals surface area contributed by atoms with Crippen LogP contribution in [0.25, 0.3) is 22.5 Å². The standard InChI is InChI=1S/C37H43N7O7/c1-37(2,3)51-36(49)38-21-23-7-11-26(12-8-23)33(45)40-30(34(46)39-28-16-13-25(14-17-28)32-41-43-44-42-32)19-22-5-9-24(10-6-22)29-18-15-27(35(47)48)20-31(29)50-4/h5-6,9-10,13-18,20,23,26,30H,7-8,11-12,19,21H2,1-4H3,(H,38,49)(H,39,46)(H,40,45)(H,47,48)(H,41,42,43,44). The first-order valence-electron chi connectivity index (χ1n) is 16.8. The maximum Gasteiger partial charge on any atom is 0.407 e. The first-order valence-corrected chi connectivity index (χ1v) is 16.8. The average molecular weight is 698 g/mol. The normalized spacial score (nSPS) is 16.4. The molecule has 14 heteroatoms. The zero-order chi connectivity index (χ0) is 36.5. The third-order valence-corrected chi connectivity index (χ3v) is 8.69. The van der Waals surface area contributed by atoms with Gasteiger partial charge in [0.2, 0.25) is 17.6 Å². The number of carboxylic acids is 1. The van der Waals surface area contributed by atoms with Crippen molar-refractivity contribution in [1.82, 2.24) is 31.3 Å². The van der Waals surface area contributed by atoms with E-state index in [4.69, 9.17) is 9.47 Å². The highest BCUT2D eigenvalue weighted by Crippen LogP contribution is 2.32. The molecule has 3 amide bonds. The number of tetrazole rings is 1. The first-order chi connectivity index (χ1) is 24.4. The Morgan fingerprint density at radius 1 is 0.941 bits per heavy atom. The first kappa shape index (κ1) is 36.5. The number of aromatic carboxylic acids is 1. The number of amides is 3. The van der Waals surface area contributed by atoms with Crippen LogP contribution in [0.5, 0.6) is 5.75 Å². The van der Waals surface area contributed by atoms with Crippen molar-refractivity contribution in [3.05, 3.63) is 77.9 Å². The van der Waals surface area contributed by atoms with Gasteiger partial charge in [0.25, 0.3) is 0 Å². The van der Waals surface area contributed by atoms with Gasteiger partial charge in [-0.05, 0) is 111 Å². The summed E-state index contributed by atoms with van der Waals surface area (Å²) in [4.78, 5) is 50.8. The number of ether oxygens (including phenoxy) is 2. The summed E-state index contributed by atoms with van der Waals surface area (Å²) in [5.74, 6) is -0.806. The van der Waals surface area contributed by atoms with Gasteiger partial charge in [0.15, 0.2) is 0 Å². The largest absolute Gasteiger partial charge is 0.496 e. The number of hydrogen-bond acceptors (Lipinski definition) is 9. The van der Waals surface area contributed by atoms with Crippen LogP contribution in [-0.4, -0.2) is 74.9 Å². The number of aromatic amines is 1. The number of carboxylic acid groups (broad SMARTS) is 1. The van der Waals surface area contributed by atoms with Crippen LogP contribution < -0.4 is 20.7 Å². The van der Waals surface area contributed by atoms with Gasteiger partial charge in [0.05, 0.1) is 12.7 Å². The van der Waals surface area contributed by atoms with E-state index in [1.807, 2.05) is 45.0 Å². The third-order valence-electron chi connectivity index (χ3n) is 8.69. The molecule has 5 N–H and O–H groups in total. The molecule has 0 bridgehead atoms. The van der Waals surface area contributed by atoms with Gasteiger partial charge in [-0.25, -0.2) is 9.59 Å². The Hall–Kier alpha value is -5.79. The van der Waals surface area contributed by atoms with Crippen molar-refractivity contribution in [2.45, 2.75) is 64.5 Å². The quantitative estimate of drug-likeness (QED) is 0.131. The number of carbonyl (C=O) groups is 4. The van der Waals surface area contributed by atoms with Crippen LogP contribution in [-0.2, 0) is 20.7 Å². The van der Waals surface area contributed by atoms with Crippen LogP contribution in [0.2, 0.25) is 0 Å². The lowest BCUT2D eigenvalue weighted by molar-refractivity contribution is -0.130. The van der Waals surface area contributed by atoms with Crippen LogP contribution >= 0.6 is 0 Å². The molecule has 1 heterocycles. The second-order valence-electron chi connectivity index (χ2n) is 13.6. The van der Waals surface area contributed by atoms with Crippen molar-refractivity contribution in [2.24, 2.45) is 11.8 Å². The van der Waals surface area contributed by atoms with Gasteiger partial charge in [-0.15, -0.1) is 10.2 Å². The predicted molar refractivity (Wildman–Crippen MR) is 189 cm³/mol. The average Bonchev–Trinajstić information content (AvgIpc) is 3.65. The molecule has 5 rings (SSSR count). The maximum absolute atomic E-state index is 13.7. The number of benzene rings is 3. The number of nitrogens with one attached hydrogen (secondary N) is 4. The van der Waals surface area contributed by atoms with Crippen LogP contribution in [0.3, 0.4) is 0 Å². The maximum atomic E-state index is 13.7. The van der Waals surface area contributed by atoms with Gasteiger partial charge in [0.1, 0.15) is 17.4 Å². The summed E-state index contributed by atoms with van der Waals surface area (Å²) >= 11 is 0. The molecular weight excluding hydrogens is 654 g/mol. The lowest BCUT2D eigenvalue weighted by Gasteiger charge is -2.29. The molecular formula is C37H43N7O7. The minimum absolute atomic E-state index is 0.118. The fraction of sp³-hybridized carbons (Fsp3) is 0.378. The highest BCUT2D eigenvalue weighted by molar-refractivity contribution is 5.98. The van der Waals surface area contributed by atoms with Gasteiger partial charge in [-0.2, -0.15) is 5.21 Å². The SMILES string of the molecule is COc1cc(C(=O)O)ccc1-c1ccc(CC(NC(=O)C2CCC(CNC(=O)OC(C)(C)C)CC2)C(=O)Nc2ccc(-c3nn[nH]n3)cc2)cc1. The molecule has 0 aliphatic heterocycles. The van der Waals surface area contributed by atoms with Crippen molar-refractivity contribution >= 4 is 29.6 Å². The number of H-pyrrole nitrogens is 1. The summed E-state index contributed by atoms with van der Waals surface area (Å²) in [5, 5.41) is 32.1. The fourth-order valence-electron chi connectivity index (χ4n) is 6.00. The highest BCUT2D eigenvalue weighted by atomic mass is 16.6. The van der Waals surface area contributed by atoms with Crippen molar-refractivity contribution < 1.29 is 33.8 Å². The Labute approximate surface area is 295 Å². The smallest absolute Gasteiger partial charge is 0.407 e.